The second-order valence-electron chi connectivity index (χ2n) is 6.64. The van der Waals surface area contributed by atoms with Crippen molar-refractivity contribution in [2.24, 2.45) is 17.6 Å². The molecule has 2 N–H and O–H groups in total. The maximum atomic E-state index is 14.1. The van der Waals surface area contributed by atoms with E-state index in [0.29, 0.717) is 11.5 Å². The van der Waals surface area contributed by atoms with Crippen LogP contribution in [0.25, 0.3) is 0 Å². The lowest BCUT2D eigenvalue weighted by Crippen LogP contribution is -2.36. The summed E-state index contributed by atoms with van der Waals surface area (Å²) in [6.45, 7) is 2.85. The summed E-state index contributed by atoms with van der Waals surface area (Å²) in [5, 5.41) is 0. The Bertz CT molecular complexity index is 533. The van der Waals surface area contributed by atoms with Gasteiger partial charge in [0.2, 0.25) is 5.91 Å². The molecule has 1 aliphatic carbocycles. The lowest BCUT2D eigenvalue weighted by atomic mass is 9.99. The highest BCUT2D eigenvalue weighted by molar-refractivity contribution is 5.80. The normalized spacial score (nSPS) is 32.6. The van der Waals surface area contributed by atoms with Crippen molar-refractivity contribution < 1.29 is 9.18 Å². The molecular weight excluding hydrogens is 267 g/mol. The van der Waals surface area contributed by atoms with Gasteiger partial charge in [-0.2, -0.15) is 0 Å². The summed E-state index contributed by atoms with van der Waals surface area (Å²) in [7, 11) is 0. The number of amides is 1. The van der Waals surface area contributed by atoms with E-state index in [1.165, 1.54) is 6.07 Å². The van der Waals surface area contributed by atoms with Gasteiger partial charge in [-0.25, -0.2) is 4.39 Å². The van der Waals surface area contributed by atoms with Crippen molar-refractivity contribution >= 4 is 5.91 Å². The van der Waals surface area contributed by atoms with Gasteiger partial charge in [-0.15, -0.1) is 0 Å². The summed E-state index contributed by atoms with van der Waals surface area (Å²) in [5.74, 6) is 0.395. The zero-order chi connectivity index (χ0) is 15.0. The van der Waals surface area contributed by atoms with Gasteiger partial charge in [0.25, 0.3) is 0 Å². The number of hydrogen-bond acceptors (Lipinski definition) is 2. The van der Waals surface area contributed by atoms with Gasteiger partial charge >= 0.3 is 0 Å². The van der Waals surface area contributed by atoms with Gasteiger partial charge in [0.1, 0.15) is 5.82 Å². The highest BCUT2D eigenvalue weighted by Gasteiger charge is 2.39. The maximum Gasteiger partial charge on any atom is 0.226 e. The molecule has 4 heteroatoms. The summed E-state index contributed by atoms with van der Waals surface area (Å²) < 4.78 is 14.1. The van der Waals surface area contributed by atoms with Crippen LogP contribution < -0.4 is 5.73 Å². The summed E-state index contributed by atoms with van der Waals surface area (Å²) in [5.41, 5.74) is 6.58. The first kappa shape index (κ1) is 14.5. The van der Waals surface area contributed by atoms with Crippen LogP contribution in [-0.2, 0) is 4.79 Å². The highest BCUT2D eigenvalue weighted by atomic mass is 19.1. The van der Waals surface area contributed by atoms with E-state index in [0.717, 1.165) is 32.2 Å². The van der Waals surface area contributed by atoms with Crippen LogP contribution in [0.1, 0.15) is 44.2 Å². The van der Waals surface area contributed by atoms with E-state index in [-0.39, 0.29) is 29.7 Å². The Hall–Kier alpha value is -1.42. The quantitative estimate of drug-likeness (QED) is 0.910. The molecule has 1 heterocycles. The van der Waals surface area contributed by atoms with E-state index in [1.54, 1.807) is 12.1 Å². The molecule has 1 saturated heterocycles. The van der Waals surface area contributed by atoms with Gasteiger partial charge < -0.3 is 10.6 Å². The molecule has 0 spiro atoms. The third-order valence-corrected chi connectivity index (χ3v) is 4.88. The number of carbonyl (C=O) groups is 1. The van der Waals surface area contributed by atoms with Crippen LogP contribution in [-0.4, -0.2) is 23.4 Å². The Morgan fingerprint density at radius 3 is 2.71 bits per heavy atom. The van der Waals surface area contributed by atoms with Gasteiger partial charge in [0.15, 0.2) is 0 Å². The van der Waals surface area contributed by atoms with Crippen molar-refractivity contribution in [2.45, 2.75) is 44.7 Å². The molecule has 0 bridgehead atoms. The Morgan fingerprint density at radius 2 is 2.05 bits per heavy atom. The molecule has 1 aromatic carbocycles. The number of rotatable bonds is 2. The van der Waals surface area contributed by atoms with Gasteiger partial charge in [-0.1, -0.05) is 25.1 Å². The fraction of sp³-hybridized carbons (Fsp3) is 0.588. The fourth-order valence-electron chi connectivity index (χ4n) is 3.80. The minimum Gasteiger partial charge on any atom is -0.335 e. The number of nitrogens with zero attached hydrogens (tertiary/aromatic N) is 1. The van der Waals surface area contributed by atoms with Crippen molar-refractivity contribution in [1.82, 2.24) is 4.90 Å². The number of benzene rings is 1. The number of halogens is 1. The zero-order valence-corrected chi connectivity index (χ0v) is 12.5. The average molecular weight is 290 g/mol. The molecule has 3 rings (SSSR count). The second-order valence-corrected chi connectivity index (χ2v) is 6.64. The topological polar surface area (TPSA) is 46.3 Å². The van der Waals surface area contributed by atoms with Crippen LogP contribution >= 0.6 is 0 Å². The third-order valence-electron chi connectivity index (χ3n) is 4.88. The monoisotopic (exact) mass is 290 g/mol. The summed E-state index contributed by atoms with van der Waals surface area (Å²) in [4.78, 5) is 14.7. The molecule has 4 atom stereocenters. The van der Waals surface area contributed by atoms with Crippen LogP contribution in [0, 0.1) is 17.7 Å². The first-order chi connectivity index (χ1) is 10.1. The molecule has 2 fully saturated rings. The standard InChI is InChI=1S/C17H23FN2O/c1-11-8-16(14-4-2-3-5-15(14)18)20(10-11)17(21)12-6-7-13(19)9-12/h2-5,11-13,16H,6-10,19H2,1H3/t11-,12-,13+,16-/m1/s1. The van der Waals surface area contributed by atoms with Crippen LogP contribution in [0.5, 0.6) is 0 Å². The van der Waals surface area contributed by atoms with Gasteiger partial charge in [0, 0.05) is 24.1 Å². The largest absolute Gasteiger partial charge is 0.335 e. The van der Waals surface area contributed by atoms with Crippen molar-refractivity contribution in [3.05, 3.63) is 35.6 Å². The minimum absolute atomic E-state index is 0.0274. The predicted octanol–water partition coefficient (Wildman–Crippen LogP) is 2.86. The molecule has 21 heavy (non-hydrogen) atoms. The minimum atomic E-state index is -0.211. The molecule has 0 aromatic heterocycles. The third kappa shape index (κ3) is 2.82. The molecule has 1 amide bonds. The summed E-state index contributed by atoms with van der Waals surface area (Å²) >= 11 is 0. The van der Waals surface area contributed by atoms with Crippen LogP contribution in [0.2, 0.25) is 0 Å². The Labute approximate surface area is 125 Å². The molecule has 114 valence electrons. The van der Waals surface area contributed by atoms with Gasteiger partial charge in [-0.05, 0) is 37.7 Å². The first-order valence-corrected chi connectivity index (χ1v) is 7.86. The Balaban J connectivity index is 1.83. The molecule has 0 unspecified atom stereocenters. The van der Waals surface area contributed by atoms with Crippen molar-refractivity contribution in [1.29, 1.82) is 0 Å². The van der Waals surface area contributed by atoms with Gasteiger partial charge in [0.05, 0.1) is 6.04 Å². The van der Waals surface area contributed by atoms with Crippen molar-refractivity contribution in [3.63, 3.8) is 0 Å². The molecule has 1 aromatic rings. The SMILES string of the molecule is C[C@@H]1C[C@H](c2ccccc2F)N(C(=O)[C@@H]2CC[C@H](N)C2)C1. The predicted molar refractivity (Wildman–Crippen MR) is 80.0 cm³/mol. The molecule has 1 saturated carbocycles. The van der Waals surface area contributed by atoms with E-state index in [1.807, 2.05) is 11.0 Å². The lowest BCUT2D eigenvalue weighted by molar-refractivity contribution is -0.136. The number of likely N-dealkylation sites (tertiary alicyclic amines) is 1. The van der Waals surface area contributed by atoms with E-state index in [9.17, 15) is 9.18 Å². The number of hydrogen-bond donors (Lipinski definition) is 1. The maximum absolute atomic E-state index is 14.1. The lowest BCUT2D eigenvalue weighted by Gasteiger charge is -2.28. The van der Waals surface area contributed by atoms with E-state index in [2.05, 4.69) is 6.92 Å². The molecular formula is C17H23FN2O. The van der Waals surface area contributed by atoms with Crippen LogP contribution in [0.15, 0.2) is 24.3 Å². The van der Waals surface area contributed by atoms with Gasteiger partial charge in [-0.3, -0.25) is 4.79 Å². The highest BCUT2D eigenvalue weighted by Crippen LogP contribution is 2.39. The summed E-state index contributed by atoms with van der Waals surface area (Å²) in [6.07, 6.45) is 3.40. The summed E-state index contributed by atoms with van der Waals surface area (Å²) in [6, 6.07) is 6.84. The molecule has 2 aliphatic rings. The second kappa shape index (κ2) is 5.76. The van der Waals surface area contributed by atoms with Crippen LogP contribution in [0.4, 0.5) is 4.39 Å². The Kier molecular flexibility index (Phi) is 3.98. The van der Waals surface area contributed by atoms with E-state index < -0.39 is 0 Å². The van der Waals surface area contributed by atoms with E-state index in [4.69, 9.17) is 5.73 Å². The van der Waals surface area contributed by atoms with Crippen LogP contribution in [0.3, 0.4) is 0 Å². The molecule has 1 aliphatic heterocycles. The fourth-order valence-corrected chi connectivity index (χ4v) is 3.80. The molecule has 3 nitrogen and oxygen atoms in total. The van der Waals surface area contributed by atoms with Crippen molar-refractivity contribution in [3.8, 4) is 0 Å². The van der Waals surface area contributed by atoms with Crippen molar-refractivity contribution in [2.75, 3.05) is 6.54 Å². The number of nitrogens with two attached hydrogens (primary N) is 1. The zero-order valence-electron chi connectivity index (χ0n) is 12.5. The average Bonchev–Trinajstić information content (AvgIpc) is 3.05. The number of carbonyl (C=O) groups excluding carboxylic acids is 1. The van der Waals surface area contributed by atoms with E-state index >= 15 is 0 Å². The smallest absolute Gasteiger partial charge is 0.226 e. The first-order valence-electron chi connectivity index (χ1n) is 7.86. The molecule has 0 radical (unpaired) electrons. The Morgan fingerprint density at radius 1 is 1.29 bits per heavy atom.